The predicted octanol–water partition coefficient (Wildman–Crippen LogP) is 5.50. The lowest BCUT2D eigenvalue weighted by Crippen LogP contribution is -2.26. The summed E-state index contributed by atoms with van der Waals surface area (Å²) in [5, 5.41) is 21.5. The van der Waals surface area contributed by atoms with Crippen LogP contribution >= 0.6 is 0 Å². The Morgan fingerprint density at radius 1 is 0.324 bits per heavy atom. The van der Waals surface area contributed by atoms with Gasteiger partial charge in [0.15, 0.2) is 0 Å². The molecule has 0 aliphatic rings. The monoisotopic (exact) mass is 492 g/mol. The van der Waals surface area contributed by atoms with Gasteiger partial charge in [-0.1, -0.05) is 62.3 Å². The lowest BCUT2D eigenvalue weighted by molar-refractivity contribution is 0.275. The first-order valence-corrected chi connectivity index (χ1v) is 14.5. The van der Waals surface area contributed by atoms with Crippen LogP contribution in [0.4, 0.5) is 0 Å². The summed E-state index contributed by atoms with van der Waals surface area (Å²) in [6, 6.07) is 0. The van der Waals surface area contributed by atoms with Gasteiger partial charge in [0.25, 0.3) is 0 Å². The van der Waals surface area contributed by atoms with Crippen molar-refractivity contribution in [2.45, 2.75) is 120 Å². The molecule has 0 radical (unpaired) electrons. The maximum atomic E-state index is 7.17. The fourth-order valence-corrected chi connectivity index (χ4v) is 3.85. The highest BCUT2D eigenvalue weighted by Gasteiger charge is 2.00. The summed E-state index contributed by atoms with van der Waals surface area (Å²) in [4.78, 5) is 7.63. The van der Waals surface area contributed by atoms with Crippen molar-refractivity contribution in [2.75, 3.05) is 58.9 Å². The first-order valence-electron chi connectivity index (χ1n) is 14.5. The zero-order valence-corrected chi connectivity index (χ0v) is 25.0. The molecule has 34 heavy (non-hydrogen) atoms. The molecule has 0 heterocycles. The van der Waals surface area contributed by atoms with Gasteiger partial charge in [0, 0.05) is 0 Å². The van der Waals surface area contributed by atoms with Gasteiger partial charge in [-0.2, -0.15) is 0 Å². The SMILES string of the molecule is CCCN(CCC)CCC.CCCN(CCC)CCC.CCCN(CCC)CCC.OB(O)O. The first-order chi connectivity index (χ1) is 16.3. The van der Waals surface area contributed by atoms with Crippen molar-refractivity contribution in [3.8, 4) is 0 Å². The van der Waals surface area contributed by atoms with Crippen LogP contribution in [-0.2, 0) is 0 Å². The molecule has 0 amide bonds. The van der Waals surface area contributed by atoms with Crippen LogP contribution in [0.1, 0.15) is 120 Å². The van der Waals surface area contributed by atoms with E-state index in [0.29, 0.717) is 0 Å². The zero-order chi connectivity index (χ0) is 27.0. The smallest absolute Gasteiger partial charge is 0.402 e. The summed E-state index contributed by atoms with van der Waals surface area (Å²) < 4.78 is 0. The van der Waals surface area contributed by atoms with E-state index in [4.69, 9.17) is 15.1 Å². The summed E-state index contributed by atoms with van der Waals surface area (Å²) in [6.07, 6.45) is 11.6. The van der Waals surface area contributed by atoms with Crippen molar-refractivity contribution in [1.82, 2.24) is 14.7 Å². The molecule has 0 saturated carbocycles. The minimum absolute atomic E-state index is 1.28. The second-order valence-corrected chi connectivity index (χ2v) is 8.87. The average molecular weight is 492 g/mol. The fraction of sp³-hybridized carbons (Fsp3) is 1.00. The van der Waals surface area contributed by atoms with Crippen LogP contribution in [0.5, 0.6) is 0 Å². The maximum Gasteiger partial charge on any atom is 0.631 e. The highest BCUT2D eigenvalue weighted by Crippen LogP contribution is 1.96. The molecule has 3 N–H and O–H groups in total. The zero-order valence-electron chi connectivity index (χ0n) is 25.0. The standard InChI is InChI=1S/3C9H21N.BH3O3/c3*1-4-7-10(8-5-2)9-6-3;2-1(3)4/h3*4-9H2,1-3H3;2-4H. The molecule has 7 heteroatoms. The van der Waals surface area contributed by atoms with Crippen LogP contribution in [0.25, 0.3) is 0 Å². The Bertz CT molecular complexity index is 239. The molecule has 0 saturated heterocycles. The molecule has 0 spiro atoms. The van der Waals surface area contributed by atoms with E-state index in [9.17, 15) is 0 Å². The third kappa shape index (κ3) is 42.0. The summed E-state index contributed by atoms with van der Waals surface area (Å²) in [5.41, 5.74) is 0. The largest absolute Gasteiger partial charge is 0.631 e. The van der Waals surface area contributed by atoms with Crippen molar-refractivity contribution >= 4 is 7.32 Å². The van der Waals surface area contributed by atoms with Gasteiger partial charge in [0.05, 0.1) is 0 Å². The van der Waals surface area contributed by atoms with E-state index in [1.807, 2.05) is 0 Å². The molecule has 0 aromatic carbocycles. The molecule has 0 aromatic rings. The van der Waals surface area contributed by atoms with Crippen LogP contribution in [0.15, 0.2) is 0 Å². The molecule has 0 bridgehead atoms. The number of nitrogens with zero attached hydrogens (tertiary/aromatic N) is 3. The Kier molecular flexibility index (Phi) is 45.0. The molecule has 0 atom stereocenters. The topological polar surface area (TPSA) is 70.4 Å². The van der Waals surface area contributed by atoms with Crippen LogP contribution in [0, 0.1) is 0 Å². The molecular formula is C27H66BN3O3. The van der Waals surface area contributed by atoms with Gasteiger partial charge in [0.1, 0.15) is 0 Å². The molecular weight excluding hydrogens is 425 g/mol. The summed E-state index contributed by atoms with van der Waals surface area (Å²) >= 11 is 0. The molecule has 0 aliphatic carbocycles. The number of rotatable bonds is 18. The Morgan fingerprint density at radius 2 is 0.412 bits per heavy atom. The highest BCUT2D eigenvalue weighted by atomic mass is 16.5. The molecule has 0 unspecified atom stereocenters. The second-order valence-electron chi connectivity index (χ2n) is 8.87. The highest BCUT2D eigenvalue weighted by molar-refractivity contribution is 6.30. The number of hydrogen-bond acceptors (Lipinski definition) is 6. The molecule has 6 nitrogen and oxygen atoms in total. The third-order valence-corrected chi connectivity index (χ3v) is 4.86. The Morgan fingerprint density at radius 3 is 0.471 bits per heavy atom. The second kappa shape index (κ2) is 37.4. The van der Waals surface area contributed by atoms with Crippen molar-refractivity contribution in [1.29, 1.82) is 0 Å². The van der Waals surface area contributed by atoms with Gasteiger partial charge in [-0.3, -0.25) is 0 Å². The van der Waals surface area contributed by atoms with Gasteiger partial charge in [-0.25, -0.2) is 0 Å². The molecule has 0 aliphatic heterocycles. The molecule has 0 fully saturated rings. The minimum Gasteiger partial charge on any atom is -0.402 e. The van der Waals surface area contributed by atoms with Gasteiger partial charge in [0.2, 0.25) is 0 Å². The van der Waals surface area contributed by atoms with Gasteiger partial charge in [-0.05, 0) is 117 Å². The summed E-state index contributed by atoms with van der Waals surface area (Å²) in [5.74, 6) is 0. The van der Waals surface area contributed by atoms with E-state index in [2.05, 4.69) is 77.0 Å². The summed E-state index contributed by atoms with van der Waals surface area (Å²) in [7, 11) is -2.17. The third-order valence-electron chi connectivity index (χ3n) is 4.86. The van der Waals surface area contributed by atoms with Gasteiger partial charge >= 0.3 is 7.32 Å². The molecule has 210 valence electrons. The van der Waals surface area contributed by atoms with E-state index >= 15 is 0 Å². The number of hydrogen-bond donors (Lipinski definition) is 3. The normalized spacial score (nSPS) is 10.3. The lowest BCUT2D eigenvalue weighted by atomic mass is 10.3. The van der Waals surface area contributed by atoms with E-state index in [1.165, 1.54) is 117 Å². The van der Waals surface area contributed by atoms with Gasteiger partial charge in [-0.15, -0.1) is 0 Å². The average Bonchev–Trinajstić information content (AvgIpc) is 2.76. The maximum absolute atomic E-state index is 7.17. The van der Waals surface area contributed by atoms with Crippen LogP contribution in [0.2, 0.25) is 0 Å². The van der Waals surface area contributed by atoms with Crippen molar-refractivity contribution in [3.05, 3.63) is 0 Å². The molecule has 0 aromatic heterocycles. The minimum atomic E-state index is -2.17. The van der Waals surface area contributed by atoms with Crippen molar-refractivity contribution < 1.29 is 15.1 Å². The van der Waals surface area contributed by atoms with Crippen LogP contribution in [-0.4, -0.2) is 96.0 Å². The van der Waals surface area contributed by atoms with Crippen LogP contribution in [0.3, 0.4) is 0 Å². The van der Waals surface area contributed by atoms with E-state index in [-0.39, 0.29) is 0 Å². The Balaban J connectivity index is -0.000000184. The van der Waals surface area contributed by atoms with E-state index in [1.54, 1.807) is 0 Å². The molecule has 0 rings (SSSR count). The predicted molar refractivity (Wildman–Crippen MR) is 154 cm³/mol. The Labute approximate surface area is 216 Å². The Hall–Kier alpha value is -0.175. The van der Waals surface area contributed by atoms with Crippen molar-refractivity contribution in [2.24, 2.45) is 0 Å². The fourth-order valence-electron chi connectivity index (χ4n) is 3.85. The quantitative estimate of drug-likeness (QED) is 0.220. The van der Waals surface area contributed by atoms with Gasteiger partial charge < -0.3 is 29.8 Å². The van der Waals surface area contributed by atoms with Crippen molar-refractivity contribution in [3.63, 3.8) is 0 Å². The van der Waals surface area contributed by atoms with E-state index < -0.39 is 7.32 Å². The van der Waals surface area contributed by atoms with E-state index in [0.717, 1.165) is 0 Å². The first kappa shape index (κ1) is 41.0. The van der Waals surface area contributed by atoms with Crippen LogP contribution < -0.4 is 0 Å². The lowest BCUT2D eigenvalue weighted by Gasteiger charge is -2.19. The summed E-state index contributed by atoms with van der Waals surface area (Å²) in [6.45, 7) is 31.8.